The molecule has 0 saturated carbocycles. The molecule has 164 valence electrons. The zero-order valence-electron chi connectivity index (χ0n) is 16.5. The van der Waals surface area contributed by atoms with E-state index >= 15 is 0 Å². The van der Waals surface area contributed by atoms with Crippen LogP contribution in [0.1, 0.15) is 31.0 Å². The van der Waals surface area contributed by atoms with Crippen LogP contribution in [0.3, 0.4) is 0 Å². The Labute approximate surface area is 173 Å². The molecule has 0 amide bonds. The highest BCUT2D eigenvalue weighted by Crippen LogP contribution is 2.30. The number of benzene rings is 2. The number of hydrogen-bond donors (Lipinski definition) is 2. The van der Waals surface area contributed by atoms with Crippen LogP contribution in [0.2, 0.25) is 0 Å². The number of aliphatic imine (C=N–C) groups is 1. The fraction of sp³-hybridized carbons (Fsp3) is 0.350. The van der Waals surface area contributed by atoms with E-state index in [1.165, 1.54) is 24.3 Å². The van der Waals surface area contributed by atoms with Crippen LogP contribution >= 0.6 is 0 Å². The van der Waals surface area contributed by atoms with Crippen molar-refractivity contribution in [2.45, 2.75) is 31.0 Å². The van der Waals surface area contributed by atoms with Crippen molar-refractivity contribution in [3.8, 4) is 0 Å². The van der Waals surface area contributed by atoms with Gasteiger partial charge in [0.25, 0.3) is 0 Å². The number of nitrogens with one attached hydrogen (secondary N) is 2. The predicted molar refractivity (Wildman–Crippen MR) is 107 cm³/mol. The molecule has 0 radical (unpaired) electrons. The van der Waals surface area contributed by atoms with Crippen LogP contribution in [0.15, 0.2) is 58.4 Å². The Morgan fingerprint density at radius 1 is 1.13 bits per heavy atom. The Morgan fingerprint density at radius 3 is 2.47 bits per heavy atom. The Kier molecular flexibility index (Phi) is 7.83. The van der Waals surface area contributed by atoms with E-state index in [0.29, 0.717) is 12.1 Å². The van der Waals surface area contributed by atoms with E-state index in [1.54, 1.807) is 19.9 Å². The van der Waals surface area contributed by atoms with Gasteiger partial charge in [-0.05, 0) is 43.7 Å². The summed E-state index contributed by atoms with van der Waals surface area (Å²) in [7, 11) is -3.87. The number of sulfone groups is 1. The van der Waals surface area contributed by atoms with Crippen molar-refractivity contribution in [2.75, 3.05) is 18.8 Å². The van der Waals surface area contributed by atoms with Crippen LogP contribution < -0.4 is 10.6 Å². The molecule has 0 aliphatic rings. The zero-order chi connectivity index (χ0) is 22.4. The minimum atomic E-state index is -4.45. The van der Waals surface area contributed by atoms with E-state index in [2.05, 4.69) is 15.6 Å². The maximum Gasteiger partial charge on any atom is 0.416 e. The number of hydrogen-bond acceptors (Lipinski definition) is 3. The third kappa shape index (κ3) is 6.45. The Balaban J connectivity index is 2.10. The molecule has 0 aliphatic heterocycles. The minimum Gasteiger partial charge on any atom is -0.357 e. The van der Waals surface area contributed by atoms with Crippen molar-refractivity contribution in [3.05, 3.63) is 65.5 Å². The highest BCUT2D eigenvalue weighted by atomic mass is 32.2. The van der Waals surface area contributed by atoms with E-state index < -0.39 is 44.1 Å². The van der Waals surface area contributed by atoms with Crippen LogP contribution in [0.25, 0.3) is 0 Å². The van der Waals surface area contributed by atoms with Gasteiger partial charge in [-0.2, -0.15) is 13.2 Å². The maximum atomic E-state index is 13.7. The predicted octanol–water partition coefficient (Wildman–Crippen LogP) is 3.93. The molecule has 2 N–H and O–H groups in total. The van der Waals surface area contributed by atoms with E-state index in [4.69, 9.17) is 0 Å². The average molecular weight is 445 g/mol. The Bertz CT molecular complexity index is 992. The highest BCUT2D eigenvalue weighted by Gasteiger charge is 2.30. The summed E-state index contributed by atoms with van der Waals surface area (Å²) in [6.07, 6.45) is -4.45. The molecule has 0 heterocycles. The van der Waals surface area contributed by atoms with Crippen LogP contribution in [-0.2, 0) is 16.0 Å². The monoisotopic (exact) mass is 445 g/mol. The first-order valence-electron chi connectivity index (χ1n) is 9.24. The van der Waals surface area contributed by atoms with E-state index in [-0.39, 0.29) is 12.5 Å². The molecule has 1 unspecified atom stereocenters. The van der Waals surface area contributed by atoms with E-state index in [0.717, 1.165) is 18.2 Å². The second-order valence-corrected chi connectivity index (χ2v) is 8.58. The molecule has 30 heavy (non-hydrogen) atoms. The molecule has 0 spiro atoms. The number of alkyl halides is 3. The Hall–Kier alpha value is -2.62. The molecule has 0 fully saturated rings. The molecule has 0 aromatic heterocycles. The van der Waals surface area contributed by atoms with Gasteiger partial charge in [0.15, 0.2) is 15.8 Å². The first kappa shape index (κ1) is 23.7. The molecule has 10 heteroatoms. The van der Waals surface area contributed by atoms with Gasteiger partial charge < -0.3 is 10.6 Å². The van der Waals surface area contributed by atoms with Crippen molar-refractivity contribution in [1.29, 1.82) is 0 Å². The highest BCUT2D eigenvalue weighted by molar-refractivity contribution is 7.91. The quantitative estimate of drug-likeness (QED) is 0.385. The first-order chi connectivity index (χ1) is 14.0. The smallest absolute Gasteiger partial charge is 0.357 e. The number of rotatable bonds is 7. The molecule has 1 atom stereocenters. The molecule has 5 nitrogen and oxygen atoms in total. The lowest BCUT2D eigenvalue weighted by Gasteiger charge is -2.19. The average Bonchev–Trinajstić information content (AvgIpc) is 2.67. The van der Waals surface area contributed by atoms with E-state index in [9.17, 15) is 26.0 Å². The van der Waals surface area contributed by atoms with Gasteiger partial charge in [0.1, 0.15) is 10.7 Å². The van der Waals surface area contributed by atoms with Crippen LogP contribution in [0.4, 0.5) is 17.6 Å². The van der Waals surface area contributed by atoms with Gasteiger partial charge in [0, 0.05) is 6.54 Å². The lowest BCUT2D eigenvalue weighted by atomic mass is 10.1. The minimum absolute atomic E-state index is 0.151. The second kappa shape index (κ2) is 9.92. The van der Waals surface area contributed by atoms with Crippen molar-refractivity contribution < 1.29 is 26.0 Å². The van der Waals surface area contributed by atoms with Crippen LogP contribution in [-0.4, -0.2) is 33.2 Å². The molecule has 2 rings (SSSR count). The standard InChI is InChI=1S/C20H23F4N3O2S/c1-3-25-19(26-11-12-30(28,29)18-10-5-4-9-17(18)21)27-14(2)15-7-6-8-16(13-15)20(22,23)24/h4-10,13-14H,3,11-12H2,1-2H3,(H2,25,26,27). The summed E-state index contributed by atoms with van der Waals surface area (Å²) in [6, 6.07) is 9.48. The summed E-state index contributed by atoms with van der Waals surface area (Å²) in [5.74, 6) is -1.00. The molecule has 2 aromatic carbocycles. The zero-order valence-corrected chi connectivity index (χ0v) is 17.3. The maximum absolute atomic E-state index is 13.7. The largest absolute Gasteiger partial charge is 0.416 e. The van der Waals surface area contributed by atoms with Crippen molar-refractivity contribution in [1.82, 2.24) is 10.6 Å². The third-order valence-corrected chi connectivity index (χ3v) is 5.93. The summed E-state index contributed by atoms with van der Waals surface area (Å²) < 4.78 is 77.1. The van der Waals surface area contributed by atoms with Gasteiger partial charge in [-0.15, -0.1) is 0 Å². The molecular formula is C20H23F4N3O2S. The summed E-state index contributed by atoms with van der Waals surface area (Å²) in [5, 5.41) is 5.87. The molecule has 2 aromatic rings. The molecule has 0 bridgehead atoms. The SMILES string of the molecule is CCNC(=NCCS(=O)(=O)c1ccccc1F)NC(C)c1cccc(C(F)(F)F)c1. The van der Waals surface area contributed by atoms with Gasteiger partial charge in [-0.25, -0.2) is 12.8 Å². The van der Waals surface area contributed by atoms with Crippen molar-refractivity contribution in [3.63, 3.8) is 0 Å². The molecule has 0 aliphatic carbocycles. The second-order valence-electron chi connectivity index (χ2n) is 6.50. The summed E-state index contributed by atoms with van der Waals surface area (Å²) in [6.45, 7) is 3.77. The number of nitrogens with zero attached hydrogens (tertiary/aromatic N) is 1. The number of halogens is 4. The summed E-state index contributed by atoms with van der Waals surface area (Å²) >= 11 is 0. The van der Waals surface area contributed by atoms with Crippen LogP contribution in [0, 0.1) is 5.82 Å². The van der Waals surface area contributed by atoms with Gasteiger partial charge >= 0.3 is 6.18 Å². The van der Waals surface area contributed by atoms with Crippen molar-refractivity contribution in [2.24, 2.45) is 4.99 Å². The molecule has 0 saturated heterocycles. The fourth-order valence-corrected chi connectivity index (χ4v) is 3.88. The summed E-state index contributed by atoms with van der Waals surface area (Å²) in [5.41, 5.74) is -0.360. The number of guanidine groups is 1. The van der Waals surface area contributed by atoms with Gasteiger partial charge in [-0.1, -0.05) is 24.3 Å². The van der Waals surface area contributed by atoms with Gasteiger partial charge in [-0.3, -0.25) is 4.99 Å². The normalized spacial score (nSPS) is 13.7. The lowest BCUT2D eigenvalue weighted by Crippen LogP contribution is -2.39. The summed E-state index contributed by atoms with van der Waals surface area (Å²) in [4.78, 5) is 3.77. The molecular weight excluding hydrogens is 422 g/mol. The topological polar surface area (TPSA) is 70.6 Å². The van der Waals surface area contributed by atoms with Gasteiger partial charge in [0.05, 0.1) is 23.9 Å². The Morgan fingerprint density at radius 2 is 1.83 bits per heavy atom. The fourth-order valence-electron chi connectivity index (χ4n) is 2.68. The third-order valence-electron chi connectivity index (χ3n) is 4.21. The van der Waals surface area contributed by atoms with Gasteiger partial charge in [0.2, 0.25) is 0 Å². The van der Waals surface area contributed by atoms with Crippen LogP contribution in [0.5, 0.6) is 0 Å². The van der Waals surface area contributed by atoms with Crippen molar-refractivity contribution >= 4 is 15.8 Å². The lowest BCUT2D eigenvalue weighted by molar-refractivity contribution is -0.137. The first-order valence-corrected chi connectivity index (χ1v) is 10.9. The van der Waals surface area contributed by atoms with E-state index in [1.807, 2.05) is 0 Å².